The Morgan fingerprint density at radius 2 is 2.05 bits per heavy atom. The first-order chi connectivity index (χ1) is 10.5. The molecule has 2 rings (SSSR count). The average Bonchev–Trinajstić information content (AvgIpc) is 2.90. The van der Waals surface area contributed by atoms with Gasteiger partial charge in [0.05, 0.1) is 6.61 Å². The molecule has 22 heavy (non-hydrogen) atoms. The first kappa shape index (κ1) is 16.5. The van der Waals surface area contributed by atoms with E-state index in [1.807, 2.05) is 12.1 Å². The van der Waals surface area contributed by atoms with Crippen molar-refractivity contribution in [2.75, 3.05) is 13.2 Å². The molecule has 0 aromatic heterocycles. The number of nitrogens with zero attached hydrogens (tertiary/aromatic N) is 1. The molecule has 0 bridgehead atoms. The first-order valence-electron chi connectivity index (χ1n) is 7.81. The van der Waals surface area contributed by atoms with E-state index in [2.05, 4.69) is 31.0 Å². The maximum Gasteiger partial charge on any atom is 0.328 e. The summed E-state index contributed by atoms with van der Waals surface area (Å²) in [5.74, 6) is -0.577. The molecule has 0 radical (unpaired) electrons. The SMILES string of the molecule is CCN(Cc1ccc(C(=O)N[C@H]2CCOC2=O)cc1)C(C)C. The van der Waals surface area contributed by atoms with Crippen molar-refractivity contribution in [2.24, 2.45) is 0 Å². The van der Waals surface area contributed by atoms with E-state index in [1.165, 1.54) is 5.56 Å². The van der Waals surface area contributed by atoms with Gasteiger partial charge in [-0.25, -0.2) is 4.79 Å². The molecule has 1 aromatic rings. The van der Waals surface area contributed by atoms with E-state index in [4.69, 9.17) is 4.74 Å². The fourth-order valence-corrected chi connectivity index (χ4v) is 2.52. The van der Waals surface area contributed by atoms with E-state index in [0.717, 1.165) is 13.1 Å². The van der Waals surface area contributed by atoms with Crippen molar-refractivity contribution < 1.29 is 14.3 Å². The zero-order valence-electron chi connectivity index (χ0n) is 13.5. The van der Waals surface area contributed by atoms with Crippen LogP contribution in [0.3, 0.4) is 0 Å². The Balaban J connectivity index is 1.96. The molecule has 120 valence electrons. The Morgan fingerprint density at radius 3 is 2.55 bits per heavy atom. The van der Waals surface area contributed by atoms with Gasteiger partial charge in [-0.15, -0.1) is 0 Å². The van der Waals surface area contributed by atoms with Crippen molar-refractivity contribution in [3.8, 4) is 0 Å². The number of hydrogen-bond donors (Lipinski definition) is 1. The Morgan fingerprint density at radius 1 is 1.36 bits per heavy atom. The summed E-state index contributed by atoms with van der Waals surface area (Å²) >= 11 is 0. The molecule has 1 aliphatic heterocycles. The Hall–Kier alpha value is -1.88. The van der Waals surface area contributed by atoms with Gasteiger partial charge in [-0.3, -0.25) is 9.69 Å². The number of esters is 1. The highest BCUT2D eigenvalue weighted by Gasteiger charge is 2.28. The standard InChI is InChI=1S/C17H24N2O3/c1-4-19(12(2)3)11-13-5-7-14(8-6-13)16(20)18-15-9-10-22-17(15)21/h5-8,12,15H,4,9-11H2,1-3H3,(H,18,20)/t15-/m0/s1. The van der Waals surface area contributed by atoms with Crippen LogP contribution in [0.1, 0.15) is 43.1 Å². The van der Waals surface area contributed by atoms with E-state index in [9.17, 15) is 9.59 Å². The van der Waals surface area contributed by atoms with E-state index >= 15 is 0 Å². The Bertz CT molecular complexity index is 525. The topological polar surface area (TPSA) is 58.6 Å². The van der Waals surface area contributed by atoms with Crippen molar-refractivity contribution in [3.05, 3.63) is 35.4 Å². The van der Waals surface area contributed by atoms with Crippen molar-refractivity contribution in [1.29, 1.82) is 0 Å². The number of ether oxygens (including phenoxy) is 1. The lowest BCUT2D eigenvalue weighted by atomic mass is 10.1. The van der Waals surface area contributed by atoms with E-state index < -0.39 is 6.04 Å². The van der Waals surface area contributed by atoms with Gasteiger partial charge in [0.1, 0.15) is 6.04 Å². The molecule has 1 heterocycles. The Labute approximate surface area is 131 Å². The third-order valence-electron chi connectivity index (χ3n) is 3.98. The predicted molar refractivity (Wildman–Crippen MR) is 84.5 cm³/mol. The molecular weight excluding hydrogens is 280 g/mol. The van der Waals surface area contributed by atoms with Gasteiger partial charge in [0, 0.05) is 24.6 Å². The number of carbonyl (C=O) groups is 2. The summed E-state index contributed by atoms with van der Waals surface area (Å²) < 4.78 is 4.84. The number of hydrogen-bond acceptors (Lipinski definition) is 4. The van der Waals surface area contributed by atoms with Crippen molar-refractivity contribution >= 4 is 11.9 Å². The van der Waals surface area contributed by atoms with Gasteiger partial charge in [-0.2, -0.15) is 0 Å². The molecule has 1 aromatic carbocycles. The van der Waals surface area contributed by atoms with Crippen LogP contribution in [0.2, 0.25) is 0 Å². The fraction of sp³-hybridized carbons (Fsp3) is 0.529. The lowest BCUT2D eigenvalue weighted by Crippen LogP contribution is -2.37. The zero-order chi connectivity index (χ0) is 16.1. The smallest absolute Gasteiger partial charge is 0.328 e. The summed E-state index contributed by atoms with van der Waals surface area (Å²) in [7, 11) is 0. The minimum absolute atomic E-state index is 0.230. The van der Waals surface area contributed by atoms with Crippen LogP contribution in [-0.4, -0.2) is 42.0 Å². The van der Waals surface area contributed by atoms with Crippen LogP contribution >= 0.6 is 0 Å². The summed E-state index contributed by atoms with van der Waals surface area (Å²) in [6.45, 7) is 8.72. The zero-order valence-corrected chi connectivity index (χ0v) is 13.5. The van der Waals surface area contributed by atoms with Gasteiger partial charge in [0.25, 0.3) is 5.91 Å². The second-order valence-corrected chi connectivity index (χ2v) is 5.84. The average molecular weight is 304 g/mol. The number of amides is 1. The predicted octanol–water partition coefficient (Wildman–Crippen LogP) is 1.96. The normalized spacial score (nSPS) is 17.9. The monoisotopic (exact) mass is 304 g/mol. The number of cyclic esters (lactones) is 1. The first-order valence-corrected chi connectivity index (χ1v) is 7.81. The third kappa shape index (κ3) is 4.07. The second-order valence-electron chi connectivity index (χ2n) is 5.84. The molecular formula is C17H24N2O3. The van der Waals surface area contributed by atoms with Crippen LogP contribution in [0.25, 0.3) is 0 Å². The van der Waals surface area contributed by atoms with Crippen LogP contribution in [-0.2, 0) is 16.1 Å². The van der Waals surface area contributed by atoms with E-state index in [0.29, 0.717) is 24.6 Å². The van der Waals surface area contributed by atoms with E-state index in [-0.39, 0.29) is 11.9 Å². The quantitative estimate of drug-likeness (QED) is 0.816. The molecule has 0 saturated carbocycles. The van der Waals surface area contributed by atoms with E-state index in [1.54, 1.807) is 12.1 Å². The van der Waals surface area contributed by atoms with Gasteiger partial charge in [-0.1, -0.05) is 19.1 Å². The molecule has 0 spiro atoms. The van der Waals surface area contributed by atoms with Crippen LogP contribution in [0.4, 0.5) is 0 Å². The summed E-state index contributed by atoms with van der Waals surface area (Å²) in [4.78, 5) is 25.8. The summed E-state index contributed by atoms with van der Waals surface area (Å²) in [5.41, 5.74) is 1.74. The molecule has 1 fully saturated rings. The minimum Gasteiger partial charge on any atom is -0.464 e. The largest absolute Gasteiger partial charge is 0.464 e. The van der Waals surface area contributed by atoms with Gasteiger partial charge in [-0.05, 0) is 38.1 Å². The molecule has 0 unspecified atom stereocenters. The summed E-state index contributed by atoms with van der Waals surface area (Å²) in [6.07, 6.45) is 0.544. The molecule has 0 aliphatic carbocycles. The van der Waals surface area contributed by atoms with Crippen LogP contribution in [0.5, 0.6) is 0 Å². The van der Waals surface area contributed by atoms with Crippen LogP contribution in [0, 0.1) is 0 Å². The van der Waals surface area contributed by atoms with Gasteiger partial charge >= 0.3 is 5.97 Å². The number of benzene rings is 1. The van der Waals surface area contributed by atoms with Crippen molar-refractivity contribution in [3.63, 3.8) is 0 Å². The second kappa shape index (κ2) is 7.40. The maximum absolute atomic E-state index is 12.1. The lowest BCUT2D eigenvalue weighted by molar-refractivity contribution is -0.139. The minimum atomic E-state index is -0.510. The fourth-order valence-electron chi connectivity index (χ4n) is 2.52. The maximum atomic E-state index is 12.1. The molecule has 5 heteroatoms. The molecule has 1 amide bonds. The lowest BCUT2D eigenvalue weighted by Gasteiger charge is -2.24. The van der Waals surface area contributed by atoms with Gasteiger partial charge < -0.3 is 10.1 Å². The Kier molecular flexibility index (Phi) is 5.55. The number of rotatable bonds is 6. The molecule has 1 aliphatic rings. The van der Waals surface area contributed by atoms with Gasteiger partial charge in [0.15, 0.2) is 0 Å². The molecule has 1 saturated heterocycles. The molecule has 5 nitrogen and oxygen atoms in total. The third-order valence-corrected chi connectivity index (χ3v) is 3.98. The highest BCUT2D eigenvalue weighted by molar-refractivity contribution is 5.97. The van der Waals surface area contributed by atoms with Crippen LogP contribution < -0.4 is 5.32 Å². The van der Waals surface area contributed by atoms with Gasteiger partial charge in [0.2, 0.25) is 0 Å². The highest BCUT2D eigenvalue weighted by Crippen LogP contribution is 2.11. The number of nitrogens with one attached hydrogen (secondary N) is 1. The summed E-state index contributed by atoms with van der Waals surface area (Å²) in [5, 5.41) is 2.71. The molecule has 1 atom stereocenters. The number of carbonyl (C=O) groups excluding carboxylic acids is 2. The van der Waals surface area contributed by atoms with Crippen molar-refractivity contribution in [2.45, 2.75) is 45.8 Å². The molecule has 1 N–H and O–H groups in total. The van der Waals surface area contributed by atoms with Crippen molar-refractivity contribution in [1.82, 2.24) is 10.2 Å². The summed E-state index contributed by atoms with van der Waals surface area (Å²) in [6, 6.07) is 7.52. The van der Waals surface area contributed by atoms with Crippen LogP contribution in [0.15, 0.2) is 24.3 Å². The highest BCUT2D eigenvalue weighted by atomic mass is 16.5.